The maximum Gasteiger partial charge on any atom is 0.427 e. The Morgan fingerprint density at radius 2 is 2.04 bits per heavy atom. The van der Waals surface area contributed by atoms with Gasteiger partial charge in [0.1, 0.15) is 5.71 Å². The molecule has 24 heavy (non-hydrogen) atoms. The first kappa shape index (κ1) is 18.8. The highest BCUT2D eigenvalue weighted by Gasteiger charge is 2.12. The standard InChI is InChI=1S/C17H19ClN2O2S2/c1-3-10-23-11-14-8-9-15(24-14)16(19-20-17(21)22-2)12-4-6-13(18)7-5-12/h4-9H,3,10-11H2,1-2H3,(H,20,21). The average Bonchev–Trinajstić information content (AvgIpc) is 3.05. The highest BCUT2D eigenvalue weighted by molar-refractivity contribution is 7.98. The molecule has 2 aromatic rings. The van der Waals surface area contributed by atoms with Gasteiger partial charge in [0.25, 0.3) is 0 Å². The highest BCUT2D eigenvalue weighted by Crippen LogP contribution is 2.25. The molecule has 0 fully saturated rings. The molecular formula is C17H19ClN2O2S2. The van der Waals surface area contributed by atoms with Gasteiger partial charge in [-0.25, -0.2) is 10.2 Å². The molecule has 0 unspecified atom stereocenters. The molecule has 0 saturated heterocycles. The van der Waals surface area contributed by atoms with Gasteiger partial charge < -0.3 is 4.74 Å². The third kappa shape index (κ3) is 5.54. The van der Waals surface area contributed by atoms with Crippen LogP contribution in [0.5, 0.6) is 0 Å². The van der Waals surface area contributed by atoms with Crippen LogP contribution >= 0.6 is 34.7 Å². The number of halogens is 1. The van der Waals surface area contributed by atoms with Gasteiger partial charge in [-0.15, -0.1) is 11.3 Å². The summed E-state index contributed by atoms with van der Waals surface area (Å²) in [6.07, 6.45) is 0.570. The van der Waals surface area contributed by atoms with Crippen LogP contribution in [-0.2, 0) is 10.5 Å². The van der Waals surface area contributed by atoms with Crippen molar-refractivity contribution in [2.45, 2.75) is 19.1 Å². The van der Waals surface area contributed by atoms with Crippen LogP contribution in [0.4, 0.5) is 4.79 Å². The minimum absolute atomic E-state index is 0.600. The Balaban J connectivity index is 2.25. The molecule has 0 spiro atoms. The Bertz CT molecular complexity index is 699. The molecule has 128 valence electrons. The molecule has 1 aromatic heterocycles. The van der Waals surface area contributed by atoms with Crippen molar-refractivity contribution in [3.05, 3.63) is 56.7 Å². The lowest BCUT2D eigenvalue weighted by Crippen LogP contribution is -2.19. The predicted molar refractivity (Wildman–Crippen MR) is 103 cm³/mol. The zero-order chi connectivity index (χ0) is 17.4. The van der Waals surface area contributed by atoms with E-state index >= 15 is 0 Å². The van der Waals surface area contributed by atoms with E-state index in [4.69, 9.17) is 11.6 Å². The van der Waals surface area contributed by atoms with Gasteiger partial charge in [0.05, 0.1) is 12.0 Å². The number of hydrogen-bond acceptors (Lipinski definition) is 5. The molecule has 2 rings (SSSR count). The van der Waals surface area contributed by atoms with Crippen LogP contribution in [0.25, 0.3) is 0 Å². The molecule has 4 nitrogen and oxygen atoms in total. The van der Waals surface area contributed by atoms with Crippen LogP contribution in [0.15, 0.2) is 41.5 Å². The lowest BCUT2D eigenvalue weighted by atomic mass is 10.1. The second kappa shape index (κ2) is 9.71. The summed E-state index contributed by atoms with van der Waals surface area (Å²) in [5, 5.41) is 4.88. The van der Waals surface area contributed by atoms with Gasteiger partial charge in [0.2, 0.25) is 0 Å². The molecule has 7 heteroatoms. The van der Waals surface area contributed by atoms with E-state index in [1.165, 1.54) is 18.4 Å². The van der Waals surface area contributed by atoms with Crippen molar-refractivity contribution in [3.8, 4) is 0 Å². The van der Waals surface area contributed by atoms with Gasteiger partial charge >= 0.3 is 6.09 Å². The SMILES string of the molecule is CCCSCc1ccc(C(=NNC(=O)OC)c2ccc(Cl)cc2)s1. The first-order chi connectivity index (χ1) is 11.6. The number of methoxy groups -OCH3 is 1. The van der Waals surface area contributed by atoms with E-state index in [-0.39, 0.29) is 0 Å². The summed E-state index contributed by atoms with van der Waals surface area (Å²) in [5.41, 5.74) is 3.97. The summed E-state index contributed by atoms with van der Waals surface area (Å²) in [6, 6.07) is 11.5. The topological polar surface area (TPSA) is 50.7 Å². The van der Waals surface area contributed by atoms with Gasteiger partial charge in [-0.1, -0.05) is 30.7 Å². The van der Waals surface area contributed by atoms with E-state index < -0.39 is 6.09 Å². The van der Waals surface area contributed by atoms with E-state index in [0.29, 0.717) is 10.7 Å². The second-order valence-electron chi connectivity index (χ2n) is 4.89. The van der Waals surface area contributed by atoms with Crippen LogP contribution in [-0.4, -0.2) is 24.7 Å². The van der Waals surface area contributed by atoms with Crippen LogP contribution in [0.3, 0.4) is 0 Å². The monoisotopic (exact) mass is 382 g/mol. The van der Waals surface area contributed by atoms with Gasteiger partial charge in [0, 0.05) is 21.2 Å². The molecule has 1 aromatic carbocycles. The summed E-state index contributed by atoms with van der Waals surface area (Å²) in [6.45, 7) is 2.18. The van der Waals surface area contributed by atoms with Crippen molar-refractivity contribution in [1.29, 1.82) is 0 Å². The Hall–Kier alpha value is -1.50. The van der Waals surface area contributed by atoms with Crippen molar-refractivity contribution >= 4 is 46.5 Å². The van der Waals surface area contributed by atoms with Crippen LogP contribution in [0, 0.1) is 0 Å². The molecule has 0 aliphatic heterocycles. The number of carbonyl (C=O) groups excluding carboxylic acids is 1. The van der Waals surface area contributed by atoms with Crippen molar-refractivity contribution in [2.75, 3.05) is 12.9 Å². The molecule has 0 saturated carbocycles. The molecule has 1 heterocycles. The fourth-order valence-corrected chi connectivity index (χ4v) is 4.07. The zero-order valence-electron chi connectivity index (χ0n) is 13.5. The number of nitrogens with one attached hydrogen (secondary N) is 1. The third-order valence-corrected chi connectivity index (χ3v) is 5.79. The smallest absolute Gasteiger partial charge is 0.427 e. The third-order valence-electron chi connectivity index (χ3n) is 3.05. The van der Waals surface area contributed by atoms with Crippen molar-refractivity contribution in [2.24, 2.45) is 5.10 Å². The Morgan fingerprint density at radius 1 is 1.29 bits per heavy atom. The summed E-state index contributed by atoms with van der Waals surface area (Å²) in [7, 11) is 1.31. The number of carbonyl (C=O) groups is 1. The largest absolute Gasteiger partial charge is 0.452 e. The minimum Gasteiger partial charge on any atom is -0.452 e. The number of rotatable bonds is 7. The summed E-state index contributed by atoms with van der Waals surface area (Å²) in [4.78, 5) is 13.6. The fourth-order valence-electron chi connectivity index (χ4n) is 1.92. The summed E-state index contributed by atoms with van der Waals surface area (Å²) < 4.78 is 4.58. The van der Waals surface area contributed by atoms with Gasteiger partial charge in [-0.3, -0.25) is 0 Å². The number of nitrogens with zero attached hydrogens (tertiary/aromatic N) is 1. The van der Waals surface area contributed by atoms with Crippen molar-refractivity contribution in [1.82, 2.24) is 5.43 Å². The Kier molecular flexibility index (Phi) is 7.62. The molecule has 0 aliphatic rings. The number of hydrazone groups is 1. The first-order valence-corrected chi connectivity index (χ1v) is 9.83. The van der Waals surface area contributed by atoms with Gasteiger partial charge in [-0.05, 0) is 36.4 Å². The number of thioether (sulfide) groups is 1. The maximum atomic E-state index is 11.4. The summed E-state index contributed by atoms with van der Waals surface area (Å²) in [5.74, 6) is 2.13. The Labute approximate surface area is 155 Å². The number of benzene rings is 1. The Morgan fingerprint density at radius 3 is 2.71 bits per heavy atom. The lowest BCUT2D eigenvalue weighted by molar-refractivity contribution is 0.171. The molecule has 0 aliphatic carbocycles. The molecule has 0 bridgehead atoms. The van der Waals surface area contributed by atoms with Gasteiger partial charge in [-0.2, -0.15) is 16.9 Å². The van der Waals surface area contributed by atoms with E-state index in [2.05, 4.69) is 28.3 Å². The maximum absolute atomic E-state index is 11.4. The van der Waals surface area contributed by atoms with Crippen molar-refractivity contribution in [3.63, 3.8) is 0 Å². The zero-order valence-corrected chi connectivity index (χ0v) is 15.9. The number of hydrogen-bond donors (Lipinski definition) is 1. The normalized spacial score (nSPS) is 11.4. The molecular weight excluding hydrogens is 364 g/mol. The molecule has 1 N–H and O–H groups in total. The number of thiophene rings is 1. The lowest BCUT2D eigenvalue weighted by Gasteiger charge is -2.06. The first-order valence-electron chi connectivity index (χ1n) is 7.48. The molecule has 0 atom stereocenters. The molecule has 1 amide bonds. The number of ether oxygens (including phenoxy) is 1. The summed E-state index contributed by atoms with van der Waals surface area (Å²) >= 11 is 9.55. The van der Waals surface area contributed by atoms with E-state index in [1.54, 1.807) is 23.5 Å². The number of amides is 1. The van der Waals surface area contributed by atoms with E-state index in [1.807, 2.05) is 30.0 Å². The van der Waals surface area contributed by atoms with E-state index in [9.17, 15) is 4.79 Å². The van der Waals surface area contributed by atoms with Crippen LogP contribution in [0.2, 0.25) is 5.02 Å². The highest BCUT2D eigenvalue weighted by atomic mass is 35.5. The van der Waals surface area contributed by atoms with Gasteiger partial charge in [0.15, 0.2) is 0 Å². The fraction of sp³-hybridized carbons (Fsp3) is 0.294. The molecule has 0 radical (unpaired) electrons. The minimum atomic E-state index is -0.600. The predicted octanol–water partition coefficient (Wildman–Crippen LogP) is 5.15. The quantitative estimate of drug-likeness (QED) is 0.409. The van der Waals surface area contributed by atoms with Crippen molar-refractivity contribution < 1.29 is 9.53 Å². The van der Waals surface area contributed by atoms with E-state index in [0.717, 1.165) is 21.9 Å². The van der Waals surface area contributed by atoms with Crippen LogP contribution in [0.1, 0.15) is 28.7 Å². The second-order valence-corrected chi connectivity index (χ2v) is 7.60. The average molecular weight is 383 g/mol. The van der Waals surface area contributed by atoms with Crippen LogP contribution < -0.4 is 5.43 Å².